The Kier molecular flexibility index (Phi) is 2.18. The Morgan fingerprint density at radius 1 is 0.882 bits per heavy atom. The number of H-pyrrole nitrogens is 1. The summed E-state index contributed by atoms with van der Waals surface area (Å²) in [5.41, 5.74) is 2.08. The summed E-state index contributed by atoms with van der Waals surface area (Å²) in [5.74, 6) is -1.11. The first kappa shape index (κ1) is 10.0. The van der Waals surface area contributed by atoms with Gasteiger partial charge in [0.2, 0.25) is 0 Å². The van der Waals surface area contributed by atoms with Crippen LogP contribution in [-0.4, -0.2) is 4.98 Å². The number of nitrogens with one attached hydrogen (secondary N) is 1. The van der Waals surface area contributed by atoms with Gasteiger partial charge in [0, 0.05) is 23.3 Å². The minimum atomic E-state index is -0.563. The average Bonchev–Trinajstić information content (AvgIpc) is 2.75. The molecule has 0 amide bonds. The summed E-state index contributed by atoms with van der Waals surface area (Å²) in [7, 11) is 0. The third-order valence-electron chi connectivity index (χ3n) is 2.80. The second-order valence-corrected chi connectivity index (χ2v) is 3.90. The van der Waals surface area contributed by atoms with E-state index in [0.717, 1.165) is 22.5 Å². The second kappa shape index (κ2) is 3.70. The van der Waals surface area contributed by atoms with E-state index in [-0.39, 0.29) is 0 Å². The van der Waals surface area contributed by atoms with E-state index in [2.05, 4.69) is 4.98 Å². The number of halogens is 2. The highest BCUT2D eigenvalue weighted by molar-refractivity contribution is 5.84. The summed E-state index contributed by atoms with van der Waals surface area (Å²) in [6.45, 7) is 0. The molecule has 0 aliphatic heterocycles. The summed E-state index contributed by atoms with van der Waals surface area (Å²) in [4.78, 5) is 3.06. The van der Waals surface area contributed by atoms with Gasteiger partial charge in [-0.15, -0.1) is 0 Å². The van der Waals surface area contributed by atoms with E-state index in [0.29, 0.717) is 5.56 Å². The lowest BCUT2D eigenvalue weighted by Crippen LogP contribution is -1.86. The topological polar surface area (TPSA) is 15.8 Å². The van der Waals surface area contributed by atoms with Gasteiger partial charge in [-0.2, -0.15) is 0 Å². The Labute approximate surface area is 96.7 Å². The van der Waals surface area contributed by atoms with Gasteiger partial charge in [0.15, 0.2) is 0 Å². The van der Waals surface area contributed by atoms with Crippen LogP contribution in [0.1, 0.15) is 0 Å². The van der Waals surface area contributed by atoms with Crippen molar-refractivity contribution in [2.45, 2.75) is 0 Å². The van der Waals surface area contributed by atoms with Crippen LogP contribution in [0, 0.1) is 11.6 Å². The average molecular weight is 229 g/mol. The van der Waals surface area contributed by atoms with Crippen LogP contribution in [0.2, 0.25) is 0 Å². The van der Waals surface area contributed by atoms with Crippen molar-refractivity contribution in [1.82, 2.24) is 4.98 Å². The Morgan fingerprint density at radius 2 is 1.76 bits per heavy atom. The van der Waals surface area contributed by atoms with Gasteiger partial charge in [0.1, 0.15) is 11.6 Å². The predicted octanol–water partition coefficient (Wildman–Crippen LogP) is 4.11. The molecule has 0 atom stereocenters. The van der Waals surface area contributed by atoms with Crippen LogP contribution in [-0.2, 0) is 0 Å². The van der Waals surface area contributed by atoms with E-state index in [4.69, 9.17) is 0 Å². The molecule has 0 spiro atoms. The summed E-state index contributed by atoms with van der Waals surface area (Å²) in [5, 5.41) is 1.07. The molecule has 17 heavy (non-hydrogen) atoms. The third kappa shape index (κ3) is 1.69. The summed E-state index contributed by atoms with van der Waals surface area (Å²) < 4.78 is 26.4. The van der Waals surface area contributed by atoms with E-state index in [1.807, 2.05) is 30.5 Å². The molecular formula is C14H9F2N. The zero-order valence-electron chi connectivity index (χ0n) is 8.87. The van der Waals surface area contributed by atoms with Gasteiger partial charge >= 0.3 is 0 Å². The number of aromatic nitrogens is 1. The first-order chi connectivity index (χ1) is 8.24. The molecule has 0 fully saturated rings. The fraction of sp³-hybridized carbons (Fsp3) is 0. The molecular weight excluding hydrogens is 220 g/mol. The van der Waals surface area contributed by atoms with Crippen molar-refractivity contribution in [2.24, 2.45) is 0 Å². The normalized spacial score (nSPS) is 10.9. The van der Waals surface area contributed by atoms with E-state index in [1.54, 1.807) is 0 Å². The van der Waals surface area contributed by atoms with Crippen molar-refractivity contribution in [3.05, 3.63) is 60.3 Å². The van der Waals surface area contributed by atoms with Crippen LogP contribution in [0.4, 0.5) is 8.78 Å². The Bertz CT molecular complexity index is 686. The maximum atomic E-state index is 13.6. The molecule has 1 N–H and O–H groups in total. The molecule has 3 heteroatoms. The predicted molar refractivity (Wildman–Crippen MR) is 63.7 cm³/mol. The molecule has 84 valence electrons. The van der Waals surface area contributed by atoms with Gasteiger partial charge in [0.25, 0.3) is 0 Å². The molecule has 1 aromatic heterocycles. The molecule has 3 rings (SSSR count). The fourth-order valence-corrected chi connectivity index (χ4v) is 1.94. The number of rotatable bonds is 1. The van der Waals surface area contributed by atoms with Crippen molar-refractivity contribution in [3.8, 4) is 11.1 Å². The van der Waals surface area contributed by atoms with Gasteiger partial charge in [-0.1, -0.05) is 12.1 Å². The molecule has 0 saturated heterocycles. The number of fused-ring (bicyclic) bond motifs is 1. The van der Waals surface area contributed by atoms with Crippen LogP contribution in [0.3, 0.4) is 0 Å². The number of hydrogen-bond acceptors (Lipinski definition) is 0. The van der Waals surface area contributed by atoms with Gasteiger partial charge in [-0.3, -0.25) is 0 Å². The monoisotopic (exact) mass is 229 g/mol. The van der Waals surface area contributed by atoms with Gasteiger partial charge < -0.3 is 4.98 Å². The highest BCUT2D eigenvalue weighted by Crippen LogP contribution is 2.26. The minimum Gasteiger partial charge on any atom is -0.361 e. The lowest BCUT2D eigenvalue weighted by atomic mass is 10.0. The maximum Gasteiger partial charge on any atom is 0.133 e. The molecule has 0 bridgehead atoms. The zero-order valence-corrected chi connectivity index (χ0v) is 8.87. The summed E-state index contributed by atoms with van der Waals surface area (Å²) in [6, 6.07) is 11.1. The van der Waals surface area contributed by atoms with Crippen LogP contribution < -0.4 is 0 Å². The van der Waals surface area contributed by atoms with Crippen LogP contribution in [0.15, 0.2) is 48.7 Å². The van der Waals surface area contributed by atoms with Crippen molar-refractivity contribution in [1.29, 1.82) is 0 Å². The zero-order chi connectivity index (χ0) is 11.8. The molecule has 0 radical (unpaired) electrons. The maximum absolute atomic E-state index is 13.6. The van der Waals surface area contributed by atoms with E-state index >= 15 is 0 Å². The Morgan fingerprint density at radius 3 is 2.59 bits per heavy atom. The van der Waals surface area contributed by atoms with E-state index in [1.165, 1.54) is 12.1 Å². The standard InChI is InChI=1S/C14H9F2N/c15-11-3-4-12(13(16)8-11)10-2-1-9-5-6-17-14(9)7-10/h1-8,17H. The molecule has 0 aliphatic carbocycles. The highest BCUT2D eigenvalue weighted by Gasteiger charge is 2.07. The first-order valence-corrected chi connectivity index (χ1v) is 5.26. The van der Waals surface area contributed by atoms with Crippen molar-refractivity contribution in [2.75, 3.05) is 0 Å². The van der Waals surface area contributed by atoms with Crippen LogP contribution in [0.25, 0.3) is 22.0 Å². The summed E-state index contributed by atoms with van der Waals surface area (Å²) in [6.07, 6.45) is 1.83. The highest BCUT2D eigenvalue weighted by atomic mass is 19.1. The van der Waals surface area contributed by atoms with E-state index in [9.17, 15) is 8.78 Å². The SMILES string of the molecule is Fc1ccc(-c2ccc3cc[nH]c3c2)c(F)c1. The molecule has 1 heterocycles. The van der Waals surface area contributed by atoms with Crippen molar-refractivity contribution in [3.63, 3.8) is 0 Å². The van der Waals surface area contributed by atoms with Crippen molar-refractivity contribution < 1.29 is 8.78 Å². The van der Waals surface area contributed by atoms with Crippen LogP contribution in [0.5, 0.6) is 0 Å². The van der Waals surface area contributed by atoms with Gasteiger partial charge in [0.05, 0.1) is 0 Å². The van der Waals surface area contributed by atoms with Gasteiger partial charge in [-0.05, 0) is 35.2 Å². The quantitative estimate of drug-likeness (QED) is 0.646. The summed E-state index contributed by atoms with van der Waals surface area (Å²) >= 11 is 0. The molecule has 3 aromatic rings. The largest absolute Gasteiger partial charge is 0.361 e. The smallest absolute Gasteiger partial charge is 0.133 e. The molecule has 0 unspecified atom stereocenters. The lowest BCUT2D eigenvalue weighted by molar-refractivity contribution is 0.585. The van der Waals surface area contributed by atoms with Gasteiger partial charge in [-0.25, -0.2) is 8.78 Å². The Hall–Kier alpha value is -2.16. The molecule has 1 nitrogen and oxygen atoms in total. The van der Waals surface area contributed by atoms with E-state index < -0.39 is 11.6 Å². The number of hydrogen-bond donors (Lipinski definition) is 1. The third-order valence-corrected chi connectivity index (χ3v) is 2.80. The number of benzene rings is 2. The van der Waals surface area contributed by atoms with Crippen LogP contribution >= 0.6 is 0 Å². The minimum absolute atomic E-state index is 0.405. The molecule has 0 saturated carbocycles. The Balaban J connectivity index is 2.19. The first-order valence-electron chi connectivity index (χ1n) is 5.26. The fourth-order valence-electron chi connectivity index (χ4n) is 1.94. The molecule has 2 aromatic carbocycles. The lowest BCUT2D eigenvalue weighted by Gasteiger charge is -2.03. The van der Waals surface area contributed by atoms with Crippen molar-refractivity contribution >= 4 is 10.9 Å². The number of aromatic amines is 1. The molecule has 0 aliphatic rings. The second-order valence-electron chi connectivity index (χ2n) is 3.90.